The van der Waals surface area contributed by atoms with Gasteiger partial charge in [0.25, 0.3) is 11.5 Å². The van der Waals surface area contributed by atoms with Gasteiger partial charge < -0.3 is 10.3 Å². The molecule has 0 saturated carbocycles. The zero-order valence-corrected chi connectivity index (χ0v) is 14.1. The minimum absolute atomic E-state index is 0.248. The smallest absolute Gasteiger partial charge is 0.261 e. The van der Waals surface area contributed by atoms with E-state index in [0.29, 0.717) is 27.8 Å². The Morgan fingerprint density at radius 3 is 2.68 bits per heavy atom. The summed E-state index contributed by atoms with van der Waals surface area (Å²) < 4.78 is 1.57. The maximum atomic E-state index is 12.6. The normalized spacial score (nSPS) is 11.1. The average Bonchev–Trinajstić information content (AvgIpc) is 3.06. The van der Waals surface area contributed by atoms with E-state index in [9.17, 15) is 9.59 Å². The Balaban J connectivity index is 1.76. The van der Waals surface area contributed by atoms with Crippen molar-refractivity contribution >= 4 is 39.9 Å². The Kier molecular flexibility index (Phi) is 3.77. The average molecular weight is 350 g/mol. The monoisotopic (exact) mass is 350 g/mol. The second-order valence-electron chi connectivity index (χ2n) is 5.47. The van der Waals surface area contributed by atoms with Crippen LogP contribution in [0, 0.1) is 0 Å². The topological polar surface area (TPSA) is 79.3 Å². The highest BCUT2D eigenvalue weighted by molar-refractivity contribution is 7.98. The van der Waals surface area contributed by atoms with E-state index in [1.54, 1.807) is 34.5 Å². The number of para-hydroxylation sites is 1. The number of H-pyrrole nitrogens is 1. The van der Waals surface area contributed by atoms with Gasteiger partial charge in [-0.1, -0.05) is 12.1 Å². The molecule has 0 atom stereocenters. The molecule has 124 valence electrons. The number of anilines is 1. The van der Waals surface area contributed by atoms with Crippen molar-refractivity contribution in [2.24, 2.45) is 0 Å². The number of carbonyl (C=O) groups is 1. The molecule has 2 aromatic heterocycles. The number of carbonyl (C=O) groups excluding carboxylic acids is 1. The molecule has 4 rings (SSSR count). The van der Waals surface area contributed by atoms with Gasteiger partial charge >= 0.3 is 0 Å². The SMILES string of the molecule is CSc1ccc(NC(=O)c2cnn3c2[nH]c(=O)c2ccccc23)cc1. The number of hydrogen-bond donors (Lipinski definition) is 2. The molecule has 0 bridgehead atoms. The van der Waals surface area contributed by atoms with Crippen molar-refractivity contribution in [1.29, 1.82) is 0 Å². The number of fused-ring (bicyclic) bond motifs is 3. The van der Waals surface area contributed by atoms with Gasteiger partial charge in [0.15, 0.2) is 0 Å². The minimum atomic E-state index is -0.321. The number of hydrogen-bond acceptors (Lipinski definition) is 4. The quantitative estimate of drug-likeness (QED) is 0.556. The van der Waals surface area contributed by atoms with Crippen LogP contribution in [0.2, 0.25) is 0 Å². The summed E-state index contributed by atoms with van der Waals surface area (Å²) in [7, 11) is 0. The summed E-state index contributed by atoms with van der Waals surface area (Å²) in [5.74, 6) is -0.321. The van der Waals surface area contributed by atoms with Crippen LogP contribution >= 0.6 is 11.8 Å². The van der Waals surface area contributed by atoms with Crippen molar-refractivity contribution in [3.05, 3.63) is 70.6 Å². The summed E-state index contributed by atoms with van der Waals surface area (Å²) >= 11 is 1.63. The molecular formula is C18H14N4O2S. The lowest BCUT2D eigenvalue weighted by Gasteiger charge is -2.05. The van der Waals surface area contributed by atoms with E-state index in [0.717, 1.165) is 4.90 Å². The molecule has 25 heavy (non-hydrogen) atoms. The number of rotatable bonds is 3. The van der Waals surface area contributed by atoms with Gasteiger partial charge in [-0.05, 0) is 42.7 Å². The Morgan fingerprint density at radius 1 is 1.16 bits per heavy atom. The highest BCUT2D eigenvalue weighted by Crippen LogP contribution is 2.19. The van der Waals surface area contributed by atoms with Crippen LogP contribution in [-0.2, 0) is 0 Å². The molecule has 1 amide bonds. The molecule has 2 N–H and O–H groups in total. The molecule has 6 nitrogen and oxygen atoms in total. The van der Waals surface area contributed by atoms with Crippen LogP contribution in [0.3, 0.4) is 0 Å². The molecule has 2 heterocycles. The van der Waals surface area contributed by atoms with Crippen LogP contribution in [0.1, 0.15) is 10.4 Å². The van der Waals surface area contributed by atoms with E-state index in [1.165, 1.54) is 6.20 Å². The van der Waals surface area contributed by atoms with E-state index < -0.39 is 0 Å². The number of aromatic nitrogens is 3. The van der Waals surface area contributed by atoms with Gasteiger partial charge in [-0.25, -0.2) is 4.52 Å². The second-order valence-corrected chi connectivity index (χ2v) is 6.35. The molecule has 4 aromatic rings. The van der Waals surface area contributed by atoms with E-state index in [-0.39, 0.29) is 11.5 Å². The number of nitrogens with one attached hydrogen (secondary N) is 2. The molecule has 0 saturated heterocycles. The van der Waals surface area contributed by atoms with Gasteiger partial charge in [0.2, 0.25) is 0 Å². The maximum absolute atomic E-state index is 12.6. The fourth-order valence-electron chi connectivity index (χ4n) is 2.72. The lowest BCUT2D eigenvalue weighted by atomic mass is 10.2. The summed E-state index contributed by atoms with van der Waals surface area (Å²) in [6.07, 6.45) is 3.45. The minimum Gasteiger partial charge on any atom is -0.322 e. The van der Waals surface area contributed by atoms with Gasteiger partial charge in [-0.2, -0.15) is 5.10 Å². The summed E-state index contributed by atoms with van der Waals surface area (Å²) in [5, 5.41) is 7.62. The third-order valence-electron chi connectivity index (χ3n) is 3.97. The van der Waals surface area contributed by atoms with Crippen molar-refractivity contribution in [1.82, 2.24) is 14.6 Å². The van der Waals surface area contributed by atoms with E-state index >= 15 is 0 Å². The Hall–Kier alpha value is -3.06. The molecule has 7 heteroatoms. The Labute approximate surface area is 146 Å². The van der Waals surface area contributed by atoms with Crippen LogP contribution in [0.4, 0.5) is 5.69 Å². The first kappa shape index (κ1) is 15.5. The zero-order valence-electron chi connectivity index (χ0n) is 13.3. The zero-order chi connectivity index (χ0) is 17.4. The van der Waals surface area contributed by atoms with Gasteiger partial charge in [0.1, 0.15) is 11.2 Å². The standard InChI is InChI=1S/C18H14N4O2S/c1-25-12-8-6-11(7-9-12)20-18(24)14-10-19-22-15-5-3-2-4-13(15)17(23)21-16(14)22/h2-10H,1H3,(H,20,24)(H,21,23). The van der Waals surface area contributed by atoms with Crippen LogP contribution in [0.25, 0.3) is 16.6 Å². The summed E-state index contributed by atoms with van der Waals surface area (Å²) in [6, 6.07) is 14.7. The first-order valence-corrected chi connectivity index (χ1v) is 8.84. The molecule has 2 aromatic carbocycles. The number of aromatic amines is 1. The molecule has 0 aliphatic carbocycles. The molecule has 0 unspecified atom stereocenters. The van der Waals surface area contributed by atoms with Crippen molar-refractivity contribution in [3.63, 3.8) is 0 Å². The first-order chi connectivity index (χ1) is 12.2. The van der Waals surface area contributed by atoms with Crippen LogP contribution in [-0.4, -0.2) is 26.8 Å². The van der Waals surface area contributed by atoms with E-state index in [2.05, 4.69) is 15.4 Å². The summed E-state index contributed by atoms with van der Waals surface area (Å²) in [4.78, 5) is 28.7. The van der Waals surface area contributed by atoms with Crippen LogP contribution in [0.15, 0.2) is 64.4 Å². The molecule has 0 spiro atoms. The number of thioether (sulfide) groups is 1. The van der Waals surface area contributed by atoms with Crippen molar-refractivity contribution in [2.75, 3.05) is 11.6 Å². The highest BCUT2D eigenvalue weighted by Gasteiger charge is 2.16. The second kappa shape index (κ2) is 6.10. The number of benzene rings is 2. The van der Waals surface area contributed by atoms with Crippen molar-refractivity contribution < 1.29 is 4.79 Å². The Morgan fingerprint density at radius 2 is 1.92 bits per heavy atom. The summed E-state index contributed by atoms with van der Waals surface area (Å²) in [5.41, 5.74) is 1.79. The van der Waals surface area contributed by atoms with E-state index in [4.69, 9.17) is 0 Å². The third-order valence-corrected chi connectivity index (χ3v) is 4.71. The lowest BCUT2D eigenvalue weighted by Crippen LogP contribution is -2.15. The largest absolute Gasteiger partial charge is 0.322 e. The molecular weight excluding hydrogens is 336 g/mol. The van der Waals surface area contributed by atoms with Gasteiger partial charge in [0.05, 0.1) is 17.1 Å². The van der Waals surface area contributed by atoms with Crippen LogP contribution in [0.5, 0.6) is 0 Å². The first-order valence-electron chi connectivity index (χ1n) is 7.61. The maximum Gasteiger partial charge on any atom is 0.261 e. The van der Waals surface area contributed by atoms with Gasteiger partial charge in [-0.3, -0.25) is 9.59 Å². The van der Waals surface area contributed by atoms with Crippen molar-refractivity contribution in [3.8, 4) is 0 Å². The fourth-order valence-corrected chi connectivity index (χ4v) is 3.12. The molecule has 0 fully saturated rings. The summed E-state index contributed by atoms with van der Waals surface area (Å²) in [6.45, 7) is 0. The lowest BCUT2D eigenvalue weighted by molar-refractivity contribution is 0.102. The highest BCUT2D eigenvalue weighted by atomic mass is 32.2. The van der Waals surface area contributed by atoms with Gasteiger partial charge in [0, 0.05) is 10.6 Å². The van der Waals surface area contributed by atoms with Crippen LogP contribution < -0.4 is 10.9 Å². The molecule has 0 aliphatic heterocycles. The predicted octanol–water partition coefficient (Wildman–Crippen LogP) is 3.15. The fraction of sp³-hybridized carbons (Fsp3) is 0.0556. The predicted molar refractivity (Wildman–Crippen MR) is 99.5 cm³/mol. The molecule has 0 radical (unpaired) electrons. The van der Waals surface area contributed by atoms with Crippen molar-refractivity contribution in [2.45, 2.75) is 4.90 Å². The number of nitrogens with zero attached hydrogens (tertiary/aromatic N) is 2. The van der Waals surface area contributed by atoms with Gasteiger partial charge in [-0.15, -0.1) is 11.8 Å². The van der Waals surface area contributed by atoms with E-state index in [1.807, 2.05) is 36.6 Å². The number of amides is 1. The third kappa shape index (κ3) is 2.68. The Bertz CT molecular complexity index is 1150. The molecule has 0 aliphatic rings.